The summed E-state index contributed by atoms with van der Waals surface area (Å²) in [7, 11) is -3.56. The average molecular weight is 336 g/mol. The van der Waals surface area contributed by atoms with Gasteiger partial charge in [-0.15, -0.1) is 11.3 Å². The molecule has 0 radical (unpaired) electrons. The predicted molar refractivity (Wildman–Crippen MR) is 79.5 cm³/mol. The van der Waals surface area contributed by atoms with Crippen LogP contribution >= 0.6 is 34.5 Å². The summed E-state index contributed by atoms with van der Waals surface area (Å²) in [5.74, 6) is 0. The highest BCUT2D eigenvalue weighted by Gasteiger charge is 2.19. The molecule has 0 aliphatic carbocycles. The lowest BCUT2D eigenvalue weighted by Gasteiger charge is -2.12. The SMILES string of the molecule is CC(NS(=O)(=O)c1ccc(Cl)cc1)c1ccc(Cl)s1. The second kappa shape index (κ2) is 5.81. The van der Waals surface area contributed by atoms with Crippen LogP contribution in [0.15, 0.2) is 41.3 Å². The third-order valence-electron chi connectivity index (χ3n) is 2.48. The molecular weight excluding hydrogens is 325 g/mol. The summed E-state index contributed by atoms with van der Waals surface area (Å²) in [6, 6.07) is 9.25. The van der Waals surface area contributed by atoms with E-state index in [0.717, 1.165) is 4.88 Å². The molecule has 7 heteroatoms. The minimum absolute atomic E-state index is 0.186. The molecule has 0 amide bonds. The van der Waals surface area contributed by atoms with E-state index in [-0.39, 0.29) is 10.9 Å². The maximum Gasteiger partial charge on any atom is 0.241 e. The Bertz CT molecular complexity index is 665. The lowest BCUT2D eigenvalue weighted by atomic mass is 10.3. The molecule has 102 valence electrons. The van der Waals surface area contributed by atoms with Gasteiger partial charge in [0.05, 0.1) is 15.3 Å². The van der Waals surface area contributed by atoms with Gasteiger partial charge in [-0.25, -0.2) is 13.1 Å². The monoisotopic (exact) mass is 335 g/mol. The molecule has 2 rings (SSSR count). The van der Waals surface area contributed by atoms with E-state index in [1.807, 2.05) is 6.07 Å². The zero-order chi connectivity index (χ0) is 14.0. The Hall–Kier alpha value is -0.590. The van der Waals surface area contributed by atoms with Crippen molar-refractivity contribution in [1.29, 1.82) is 0 Å². The van der Waals surface area contributed by atoms with Crippen LogP contribution in [-0.4, -0.2) is 8.42 Å². The molecule has 2 aromatic rings. The maximum atomic E-state index is 12.2. The second-order valence-electron chi connectivity index (χ2n) is 3.94. The van der Waals surface area contributed by atoms with Crippen LogP contribution in [0.3, 0.4) is 0 Å². The molecule has 0 aliphatic heterocycles. The molecule has 0 saturated heterocycles. The van der Waals surface area contributed by atoms with E-state index in [1.54, 1.807) is 25.1 Å². The molecule has 1 unspecified atom stereocenters. The molecule has 1 atom stereocenters. The molecule has 1 aromatic carbocycles. The number of halogens is 2. The number of nitrogens with one attached hydrogen (secondary N) is 1. The van der Waals surface area contributed by atoms with E-state index >= 15 is 0 Å². The number of thiophene rings is 1. The fourth-order valence-electron chi connectivity index (χ4n) is 1.53. The van der Waals surface area contributed by atoms with Crippen LogP contribution in [-0.2, 0) is 10.0 Å². The van der Waals surface area contributed by atoms with Gasteiger partial charge in [-0.05, 0) is 43.3 Å². The third kappa shape index (κ3) is 3.70. The van der Waals surface area contributed by atoms with Gasteiger partial charge in [0, 0.05) is 9.90 Å². The second-order valence-corrected chi connectivity index (χ2v) is 7.84. The van der Waals surface area contributed by atoms with Crippen molar-refractivity contribution in [2.24, 2.45) is 0 Å². The molecule has 3 nitrogen and oxygen atoms in total. The predicted octanol–water partition coefficient (Wildman–Crippen LogP) is 4.09. The van der Waals surface area contributed by atoms with Gasteiger partial charge >= 0.3 is 0 Å². The summed E-state index contributed by atoms with van der Waals surface area (Å²) >= 11 is 12.9. The summed E-state index contributed by atoms with van der Waals surface area (Å²) in [5, 5.41) is 0.497. The molecule has 1 N–H and O–H groups in total. The molecule has 1 heterocycles. The van der Waals surface area contributed by atoms with Crippen molar-refractivity contribution in [3.63, 3.8) is 0 Å². The van der Waals surface area contributed by atoms with Crippen molar-refractivity contribution in [1.82, 2.24) is 4.72 Å². The van der Waals surface area contributed by atoms with Crippen LogP contribution in [0.25, 0.3) is 0 Å². The fourth-order valence-corrected chi connectivity index (χ4v) is 4.02. The maximum absolute atomic E-state index is 12.2. The quantitative estimate of drug-likeness (QED) is 0.914. The number of benzene rings is 1. The van der Waals surface area contributed by atoms with Gasteiger partial charge < -0.3 is 0 Å². The Morgan fingerprint density at radius 2 is 1.74 bits per heavy atom. The largest absolute Gasteiger partial charge is 0.241 e. The van der Waals surface area contributed by atoms with Crippen LogP contribution in [0.5, 0.6) is 0 Å². The zero-order valence-corrected chi connectivity index (χ0v) is 13.1. The topological polar surface area (TPSA) is 46.2 Å². The van der Waals surface area contributed by atoms with E-state index in [4.69, 9.17) is 23.2 Å². The first-order chi connectivity index (χ1) is 8.88. The van der Waals surface area contributed by atoms with Gasteiger partial charge in [-0.1, -0.05) is 23.2 Å². The van der Waals surface area contributed by atoms with Gasteiger partial charge in [0.1, 0.15) is 0 Å². The van der Waals surface area contributed by atoms with Gasteiger partial charge in [0.25, 0.3) is 0 Å². The van der Waals surface area contributed by atoms with Crippen molar-refractivity contribution >= 4 is 44.6 Å². The van der Waals surface area contributed by atoms with Crippen LogP contribution in [0.2, 0.25) is 9.36 Å². The highest BCUT2D eigenvalue weighted by molar-refractivity contribution is 7.89. The molecule has 0 saturated carbocycles. The standard InChI is InChI=1S/C12H11Cl2NO2S2/c1-8(11-6-7-12(14)18-11)15-19(16,17)10-4-2-9(13)3-5-10/h2-8,15H,1H3. The average Bonchev–Trinajstić information content (AvgIpc) is 2.76. The number of hydrogen-bond acceptors (Lipinski definition) is 3. The van der Waals surface area contributed by atoms with Crippen LogP contribution < -0.4 is 4.72 Å². The van der Waals surface area contributed by atoms with Crippen molar-refractivity contribution in [3.05, 3.63) is 50.6 Å². The highest BCUT2D eigenvalue weighted by atomic mass is 35.5. The van der Waals surface area contributed by atoms with Crippen LogP contribution in [0, 0.1) is 0 Å². The molecule has 0 spiro atoms. The van der Waals surface area contributed by atoms with Crippen LogP contribution in [0.1, 0.15) is 17.8 Å². The summed E-state index contributed by atoms with van der Waals surface area (Å²) in [6.07, 6.45) is 0. The van der Waals surface area contributed by atoms with E-state index in [9.17, 15) is 8.42 Å². The molecule has 0 bridgehead atoms. The highest BCUT2D eigenvalue weighted by Crippen LogP contribution is 2.27. The van der Waals surface area contributed by atoms with Crippen LogP contribution in [0.4, 0.5) is 0 Å². The smallest absolute Gasteiger partial charge is 0.207 e. The Labute approximate surface area is 126 Å². The first kappa shape index (κ1) is 14.8. The Balaban J connectivity index is 2.19. The number of hydrogen-bond donors (Lipinski definition) is 1. The normalized spacial score (nSPS) is 13.4. The van der Waals surface area contributed by atoms with E-state index in [2.05, 4.69) is 4.72 Å². The third-order valence-corrected chi connectivity index (χ3v) is 5.70. The first-order valence-corrected chi connectivity index (χ1v) is 8.47. The lowest BCUT2D eigenvalue weighted by Crippen LogP contribution is -2.26. The molecule has 0 fully saturated rings. The molecular formula is C12H11Cl2NO2S2. The van der Waals surface area contributed by atoms with Crippen molar-refractivity contribution in [2.75, 3.05) is 0 Å². The minimum atomic E-state index is -3.56. The van der Waals surface area contributed by atoms with E-state index in [0.29, 0.717) is 9.36 Å². The molecule has 1 aromatic heterocycles. The Morgan fingerprint density at radius 1 is 1.11 bits per heavy atom. The van der Waals surface area contributed by atoms with Gasteiger partial charge in [0.15, 0.2) is 0 Å². The van der Waals surface area contributed by atoms with Crippen molar-refractivity contribution in [2.45, 2.75) is 17.9 Å². The van der Waals surface area contributed by atoms with E-state index in [1.165, 1.54) is 23.5 Å². The first-order valence-electron chi connectivity index (χ1n) is 5.41. The summed E-state index contributed by atoms with van der Waals surface area (Å²) in [5.41, 5.74) is 0. The Kier molecular flexibility index (Phi) is 4.53. The van der Waals surface area contributed by atoms with Crippen molar-refractivity contribution in [3.8, 4) is 0 Å². The summed E-state index contributed by atoms with van der Waals surface area (Å²) in [6.45, 7) is 1.77. The minimum Gasteiger partial charge on any atom is -0.207 e. The summed E-state index contributed by atoms with van der Waals surface area (Å²) < 4.78 is 27.5. The van der Waals surface area contributed by atoms with Crippen molar-refractivity contribution < 1.29 is 8.42 Å². The fraction of sp³-hybridized carbons (Fsp3) is 0.167. The van der Waals surface area contributed by atoms with Gasteiger partial charge in [-0.2, -0.15) is 0 Å². The zero-order valence-electron chi connectivity index (χ0n) is 9.93. The van der Waals surface area contributed by atoms with Gasteiger partial charge in [-0.3, -0.25) is 0 Å². The number of sulfonamides is 1. The molecule has 0 aliphatic rings. The Morgan fingerprint density at radius 3 is 2.26 bits per heavy atom. The summed E-state index contributed by atoms with van der Waals surface area (Å²) in [4.78, 5) is 1.05. The molecule has 19 heavy (non-hydrogen) atoms. The number of rotatable bonds is 4. The lowest BCUT2D eigenvalue weighted by molar-refractivity contribution is 0.568. The van der Waals surface area contributed by atoms with Gasteiger partial charge in [0.2, 0.25) is 10.0 Å². The van der Waals surface area contributed by atoms with E-state index < -0.39 is 10.0 Å².